The number of thiophene rings is 1. The summed E-state index contributed by atoms with van der Waals surface area (Å²) in [6.45, 7) is 0. The number of hydrogen-bond acceptors (Lipinski definition) is 6. The topological polar surface area (TPSA) is 69.7 Å². The zero-order chi connectivity index (χ0) is 19.7. The fourth-order valence-electron chi connectivity index (χ4n) is 2.95. The molecule has 28 heavy (non-hydrogen) atoms. The number of aromatic nitrogens is 1. The number of methoxy groups -OCH3 is 3. The van der Waals surface area contributed by atoms with Crippen molar-refractivity contribution in [2.75, 3.05) is 26.6 Å². The summed E-state index contributed by atoms with van der Waals surface area (Å²) in [7, 11) is 4.76. The number of ether oxygens (including phenoxy) is 3. The third kappa shape index (κ3) is 3.32. The lowest BCUT2D eigenvalue weighted by Gasteiger charge is -2.11. The number of rotatable bonds is 5. The predicted molar refractivity (Wildman–Crippen MR) is 111 cm³/mol. The van der Waals surface area contributed by atoms with Gasteiger partial charge in [-0.2, -0.15) is 0 Å². The number of fused-ring (bicyclic) bond motifs is 2. The van der Waals surface area contributed by atoms with Crippen LogP contribution in [0, 0.1) is 0 Å². The van der Waals surface area contributed by atoms with Gasteiger partial charge in [-0.3, -0.25) is 4.79 Å². The van der Waals surface area contributed by atoms with Crippen LogP contribution in [0.1, 0.15) is 9.67 Å². The number of carbonyl (C=O) groups is 1. The van der Waals surface area contributed by atoms with E-state index in [-0.39, 0.29) is 5.91 Å². The van der Waals surface area contributed by atoms with Gasteiger partial charge in [0.05, 0.1) is 37.4 Å². The van der Waals surface area contributed by atoms with Crippen LogP contribution >= 0.6 is 11.3 Å². The molecule has 0 unspecified atom stereocenters. The summed E-state index contributed by atoms with van der Waals surface area (Å²) in [4.78, 5) is 18.8. The van der Waals surface area contributed by atoms with Crippen molar-refractivity contribution in [3.8, 4) is 17.2 Å². The van der Waals surface area contributed by atoms with Crippen LogP contribution in [-0.4, -0.2) is 32.2 Å². The Balaban J connectivity index is 1.69. The molecule has 2 aromatic carbocycles. The number of pyridine rings is 1. The van der Waals surface area contributed by atoms with Gasteiger partial charge in [-0.15, -0.1) is 11.3 Å². The maximum Gasteiger partial charge on any atom is 0.265 e. The van der Waals surface area contributed by atoms with E-state index < -0.39 is 0 Å². The molecule has 0 atom stereocenters. The number of nitrogens with one attached hydrogen (secondary N) is 1. The highest BCUT2D eigenvalue weighted by atomic mass is 32.1. The summed E-state index contributed by atoms with van der Waals surface area (Å²) >= 11 is 1.35. The average molecular weight is 394 g/mol. The summed E-state index contributed by atoms with van der Waals surface area (Å²) in [5.41, 5.74) is 1.41. The Kier molecular flexibility index (Phi) is 4.75. The van der Waals surface area contributed by atoms with Gasteiger partial charge in [0.2, 0.25) is 0 Å². The first kappa shape index (κ1) is 18.1. The van der Waals surface area contributed by atoms with E-state index in [9.17, 15) is 4.79 Å². The highest BCUT2D eigenvalue weighted by Gasteiger charge is 2.15. The van der Waals surface area contributed by atoms with Crippen molar-refractivity contribution in [2.24, 2.45) is 0 Å². The third-order valence-electron chi connectivity index (χ3n) is 4.39. The van der Waals surface area contributed by atoms with Crippen LogP contribution in [0.5, 0.6) is 17.2 Å². The second-order valence-electron chi connectivity index (χ2n) is 6.07. The Morgan fingerprint density at radius 3 is 2.39 bits per heavy atom. The lowest BCUT2D eigenvalue weighted by molar-refractivity contribution is 0.103. The first-order valence-electron chi connectivity index (χ1n) is 8.53. The van der Waals surface area contributed by atoms with E-state index in [1.807, 2.05) is 30.3 Å². The van der Waals surface area contributed by atoms with Crippen LogP contribution in [-0.2, 0) is 0 Å². The van der Waals surface area contributed by atoms with E-state index in [0.717, 1.165) is 26.9 Å². The van der Waals surface area contributed by atoms with Crippen LogP contribution in [0.2, 0.25) is 0 Å². The molecule has 0 saturated carbocycles. The van der Waals surface area contributed by atoms with Crippen molar-refractivity contribution in [3.63, 3.8) is 0 Å². The van der Waals surface area contributed by atoms with Crippen molar-refractivity contribution in [1.29, 1.82) is 0 Å². The van der Waals surface area contributed by atoms with Gasteiger partial charge in [-0.1, -0.05) is 0 Å². The summed E-state index contributed by atoms with van der Waals surface area (Å²) in [6.07, 6.45) is 0. The van der Waals surface area contributed by atoms with Crippen LogP contribution in [0.25, 0.3) is 21.1 Å². The SMILES string of the molecule is COc1ccc(OC)c(NC(=O)c2cc3cc4cc(OC)ccc4nc3s2)c1. The second kappa shape index (κ2) is 7.36. The largest absolute Gasteiger partial charge is 0.497 e. The quantitative estimate of drug-likeness (QED) is 0.530. The monoisotopic (exact) mass is 394 g/mol. The first-order chi connectivity index (χ1) is 13.6. The van der Waals surface area contributed by atoms with Crippen molar-refractivity contribution in [3.05, 3.63) is 53.4 Å². The molecule has 0 radical (unpaired) electrons. The Morgan fingerprint density at radius 1 is 0.893 bits per heavy atom. The van der Waals surface area contributed by atoms with Crippen molar-refractivity contribution < 1.29 is 19.0 Å². The Hall–Kier alpha value is -3.32. The average Bonchev–Trinajstić information content (AvgIpc) is 3.14. The van der Waals surface area contributed by atoms with Crippen LogP contribution < -0.4 is 19.5 Å². The molecule has 1 amide bonds. The number of carbonyl (C=O) groups excluding carboxylic acids is 1. The van der Waals surface area contributed by atoms with Crippen LogP contribution in [0.3, 0.4) is 0 Å². The van der Waals surface area contributed by atoms with Gasteiger partial charge in [0.15, 0.2) is 0 Å². The summed E-state index contributed by atoms with van der Waals surface area (Å²) in [6, 6.07) is 14.8. The maximum absolute atomic E-state index is 12.8. The molecule has 6 nitrogen and oxygen atoms in total. The van der Waals surface area contributed by atoms with E-state index in [0.29, 0.717) is 22.1 Å². The molecule has 1 N–H and O–H groups in total. The minimum absolute atomic E-state index is 0.226. The number of nitrogens with zero attached hydrogens (tertiary/aromatic N) is 1. The number of amides is 1. The maximum atomic E-state index is 12.8. The van der Waals surface area contributed by atoms with E-state index in [1.54, 1.807) is 39.5 Å². The second-order valence-corrected chi connectivity index (χ2v) is 7.10. The zero-order valence-electron chi connectivity index (χ0n) is 15.6. The molecule has 0 aliphatic rings. The summed E-state index contributed by atoms with van der Waals surface area (Å²) < 4.78 is 15.8. The molecule has 0 bridgehead atoms. The molecule has 0 fully saturated rings. The Labute approximate surface area is 165 Å². The highest BCUT2D eigenvalue weighted by molar-refractivity contribution is 7.20. The molecular weight excluding hydrogens is 376 g/mol. The summed E-state index contributed by atoms with van der Waals surface area (Å²) in [5.74, 6) is 1.74. The molecule has 4 aromatic rings. The van der Waals surface area contributed by atoms with Gasteiger partial charge in [0.1, 0.15) is 22.1 Å². The number of hydrogen-bond donors (Lipinski definition) is 1. The van der Waals surface area contributed by atoms with Crippen molar-refractivity contribution in [1.82, 2.24) is 4.98 Å². The molecule has 7 heteroatoms. The fourth-order valence-corrected chi connectivity index (χ4v) is 3.87. The fraction of sp³-hybridized carbons (Fsp3) is 0.143. The van der Waals surface area contributed by atoms with E-state index in [1.165, 1.54) is 11.3 Å². The lowest BCUT2D eigenvalue weighted by atomic mass is 10.2. The van der Waals surface area contributed by atoms with Crippen molar-refractivity contribution >= 4 is 44.1 Å². The van der Waals surface area contributed by atoms with Crippen LogP contribution in [0.4, 0.5) is 5.69 Å². The minimum Gasteiger partial charge on any atom is -0.497 e. The molecule has 0 aliphatic carbocycles. The minimum atomic E-state index is -0.226. The normalized spacial score (nSPS) is 10.8. The van der Waals surface area contributed by atoms with E-state index in [2.05, 4.69) is 10.3 Å². The molecule has 0 aliphatic heterocycles. The Morgan fingerprint density at radius 2 is 1.64 bits per heavy atom. The zero-order valence-corrected chi connectivity index (χ0v) is 16.4. The predicted octanol–water partition coefficient (Wildman–Crippen LogP) is 4.73. The van der Waals surface area contributed by atoms with Gasteiger partial charge in [0, 0.05) is 16.8 Å². The van der Waals surface area contributed by atoms with Gasteiger partial charge in [-0.05, 0) is 42.5 Å². The number of benzene rings is 2. The summed E-state index contributed by atoms with van der Waals surface area (Å²) in [5, 5.41) is 4.77. The van der Waals surface area contributed by atoms with Gasteiger partial charge in [-0.25, -0.2) is 4.98 Å². The molecule has 2 aromatic heterocycles. The smallest absolute Gasteiger partial charge is 0.265 e. The highest BCUT2D eigenvalue weighted by Crippen LogP contribution is 2.32. The van der Waals surface area contributed by atoms with Gasteiger partial charge in [0.25, 0.3) is 5.91 Å². The Bertz CT molecular complexity index is 1190. The standard InChI is InChI=1S/C21H18N2O4S/c1-25-14-4-6-16-12(9-14)8-13-10-19(28-21(13)23-16)20(24)22-17-11-15(26-2)5-7-18(17)27-3/h4-11H,1-3H3,(H,22,24). The third-order valence-corrected chi connectivity index (χ3v) is 5.43. The molecule has 4 rings (SSSR count). The lowest BCUT2D eigenvalue weighted by Crippen LogP contribution is -2.11. The van der Waals surface area contributed by atoms with Gasteiger partial charge < -0.3 is 19.5 Å². The molecule has 0 spiro atoms. The molecule has 2 heterocycles. The van der Waals surface area contributed by atoms with Crippen LogP contribution in [0.15, 0.2) is 48.5 Å². The number of anilines is 1. The molecular formula is C21H18N2O4S. The molecule has 142 valence electrons. The molecule has 0 saturated heterocycles. The van der Waals surface area contributed by atoms with Gasteiger partial charge >= 0.3 is 0 Å². The van der Waals surface area contributed by atoms with E-state index >= 15 is 0 Å². The van der Waals surface area contributed by atoms with E-state index in [4.69, 9.17) is 14.2 Å². The first-order valence-corrected chi connectivity index (χ1v) is 9.34. The van der Waals surface area contributed by atoms with Crippen molar-refractivity contribution in [2.45, 2.75) is 0 Å².